The van der Waals surface area contributed by atoms with Crippen LogP contribution in [0.3, 0.4) is 0 Å². The minimum atomic E-state index is -0.487. The first-order valence-corrected chi connectivity index (χ1v) is 5.75. The third kappa shape index (κ3) is 3.02. The second-order valence-corrected chi connectivity index (χ2v) is 4.23. The predicted octanol–water partition coefficient (Wildman–Crippen LogP) is 1.97. The Morgan fingerprint density at radius 3 is 2.50 bits per heavy atom. The predicted molar refractivity (Wildman–Crippen MR) is 60.7 cm³/mol. The highest BCUT2D eigenvalue weighted by Crippen LogP contribution is 2.22. The van der Waals surface area contributed by atoms with Gasteiger partial charge in [-0.2, -0.15) is 4.98 Å². The summed E-state index contributed by atoms with van der Waals surface area (Å²) in [5.74, 6) is 1.06. The number of aromatic nitrogens is 2. The lowest BCUT2D eigenvalue weighted by Crippen LogP contribution is -2.36. The maximum absolute atomic E-state index is 6.16. The molecule has 1 heterocycles. The minimum absolute atomic E-state index is 0.148. The van der Waals surface area contributed by atoms with Gasteiger partial charge in [0.2, 0.25) is 0 Å². The van der Waals surface area contributed by atoms with E-state index in [4.69, 9.17) is 15.0 Å². The molecular formula is C11H21N3O2. The van der Waals surface area contributed by atoms with Crippen molar-refractivity contribution in [3.05, 3.63) is 11.7 Å². The van der Waals surface area contributed by atoms with E-state index >= 15 is 0 Å². The van der Waals surface area contributed by atoms with Crippen molar-refractivity contribution in [2.24, 2.45) is 5.73 Å². The summed E-state index contributed by atoms with van der Waals surface area (Å²) in [6, 6.07) is 0. The Bertz CT molecular complexity index is 319. The molecule has 0 atom stereocenters. The molecule has 0 spiro atoms. The van der Waals surface area contributed by atoms with Crippen LogP contribution in [0.1, 0.15) is 52.3 Å². The van der Waals surface area contributed by atoms with Crippen LogP contribution in [0.4, 0.5) is 0 Å². The van der Waals surface area contributed by atoms with Gasteiger partial charge in [0.15, 0.2) is 5.82 Å². The lowest BCUT2D eigenvalue weighted by molar-refractivity contribution is 0.0485. The highest BCUT2D eigenvalue weighted by molar-refractivity contribution is 5.02. The summed E-state index contributed by atoms with van der Waals surface area (Å²) in [4.78, 5) is 4.27. The van der Waals surface area contributed by atoms with Crippen molar-refractivity contribution in [1.82, 2.24) is 10.1 Å². The molecule has 5 heteroatoms. The summed E-state index contributed by atoms with van der Waals surface area (Å²) >= 11 is 0. The molecule has 0 unspecified atom stereocenters. The van der Waals surface area contributed by atoms with E-state index in [0.717, 1.165) is 12.8 Å². The molecular weight excluding hydrogens is 206 g/mol. The molecule has 0 aliphatic heterocycles. The van der Waals surface area contributed by atoms with Crippen molar-refractivity contribution < 1.29 is 9.26 Å². The Kier molecular flexibility index (Phi) is 4.44. The fourth-order valence-electron chi connectivity index (χ4n) is 1.32. The molecule has 0 amide bonds. The van der Waals surface area contributed by atoms with Gasteiger partial charge in [0.1, 0.15) is 6.61 Å². The van der Waals surface area contributed by atoms with Crippen LogP contribution in [-0.4, -0.2) is 16.2 Å². The standard InChI is InChI=1S/C11H21N3O2/c1-5-11(12,6-2)10-13-9(16-14-10)7-15-8(3)4/h8H,5-7,12H2,1-4H3. The number of nitrogens with two attached hydrogens (primary N) is 1. The minimum Gasteiger partial charge on any atom is -0.369 e. The number of rotatable bonds is 6. The maximum Gasteiger partial charge on any atom is 0.252 e. The molecule has 1 rings (SSSR count). The van der Waals surface area contributed by atoms with Gasteiger partial charge in [-0.25, -0.2) is 0 Å². The molecule has 0 saturated carbocycles. The van der Waals surface area contributed by atoms with Gasteiger partial charge in [0.25, 0.3) is 5.89 Å². The van der Waals surface area contributed by atoms with Gasteiger partial charge in [0, 0.05) is 0 Å². The molecule has 0 aliphatic carbocycles. The van der Waals surface area contributed by atoms with Gasteiger partial charge in [-0.15, -0.1) is 0 Å². The summed E-state index contributed by atoms with van der Waals surface area (Å²) in [6.45, 7) is 8.30. The molecule has 1 aromatic heterocycles. The van der Waals surface area contributed by atoms with Gasteiger partial charge < -0.3 is 15.0 Å². The molecule has 0 saturated heterocycles. The molecule has 0 radical (unpaired) electrons. The van der Waals surface area contributed by atoms with Crippen LogP contribution in [0.15, 0.2) is 4.52 Å². The largest absolute Gasteiger partial charge is 0.369 e. The third-order valence-corrected chi connectivity index (χ3v) is 2.72. The van der Waals surface area contributed by atoms with Crippen molar-refractivity contribution in [3.63, 3.8) is 0 Å². The molecule has 0 bridgehead atoms. The summed E-state index contributed by atoms with van der Waals surface area (Å²) in [5, 5.41) is 3.92. The second kappa shape index (κ2) is 5.41. The summed E-state index contributed by atoms with van der Waals surface area (Å²) < 4.78 is 10.5. The number of hydrogen-bond donors (Lipinski definition) is 1. The van der Waals surface area contributed by atoms with Gasteiger partial charge in [-0.1, -0.05) is 19.0 Å². The van der Waals surface area contributed by atoms with E-state index in [0.29, 0.717) is 18.3 Å². The van der Waals surface area contributed by atoms with Gasteiger partial charge in [-0.3, -0.25) is 0 Å². The summed E-state index contributed by atoms with van der Waals surface area (Å²) in [5.41, 5.74) is 5.67. The first kappa shape index (κ1) is 13.1. The third-order valence-electron chi connectivity index (χ3n) is 2.72. The van der Waals surface area contributed by atoms with Crippen LogP contribution in [0.2, 0.25) is 0 Å². The first-order chi connectivity index (χ1) is 7.51. The van der Waals surface area contributed by atoms with E-state index in [-0.39, 0.29) is 6.10 Å². The van der Waals surface area contributed by atoms with E-state index in [2.05, 4.69) is 10.1 Å². The Morgan fingerprint density at radius 1 is 1.38 bits per heavy atom. The molecule has 0 fully saturated rings. The molecule has 2 N–H and O–H groups in total. The van der Waals surface area contributed by atoms with E-state index in [1.807, 2.05) is 27.7 Å². The maximum atomic E-state index is 6.16. The van der Waals surface area contributed by atoms with Crippen LogP contribution in [0, 0.1) is 0 Å². The van der Waals surface area contributed by atoms with Crippen LogP contribution < -0.4 is 5.73 Å². The van der Waals surface area contributed by atoms with Crippen molar-refractivity contribution in [2.75, 3.05) is 0 Å². The van der Waals surface area contributed by atoms with Gasteiger partial charge in [-0.05, 0) is 26.7 Å². The van der Waals surface area contributed by atoms with Crippen molar-refractivity contribution in [3.8, 4) is 0 Å². The highest BCUT2D eigenvalue weighted by Gasteiger charge is 2.28. The Hall–Kier alpha value is -0.940. The first-order valence-electron chi connectivity index (χ1n) is 5.75. The quantitative estimate of drug-likeness (QED) is 0.804. The van der Waals surface area contributed by atoms with Crippen LogP contribution in [0.5, 0.6) is 0 Å². The molecule has 92 valence electrons. The average Bonchev–Trinajstić information content (AvgIpc) is 2.74. The monoisotopic (exact) mass is 227 g/mol. The fraction of sp³-hybridized carbons (Fsp3) is 0.818. The average molecular weight is 227 g/mol. The molecule has 5 nitrogen and oxygen atoms in total. The topological polar surface area (TPSA) is 74.2 Å². The lowest BCUT2D eigenvalue weighted by Gasteiger charge is -2.21. The van der Waals surface area contributed by atoms with Gasteiger partial charge in [0.05, 0.1) is 11.6 Å². The summed E-state index contributed by atoms with van der Waals surface area (Å²) in [6.07, 6.45) is 1.72. The molecule has 0 aliphatic rings. The Labute approximate surface area is 96.4 Å². The lowest BCUT2D eigenvalue weighted by atomic mass is 9.94. The summed E-state index contributed by atoms with van der Waals surface area (Å²) in [7, 11) is 0. The Balaban J connectivity index is 2.70. The highest BCUT2D eigenvalue weighted by atomic mass is 16.5. The Morgan fingerprint density at radius 2 is 2.00 bits per heavy atom. The zero-order valence-electron chi connectivity index (χ0n) is 10.5. The molecule has 16 heavy (non-hydrogen) atoms. The van der Waals surface area contributed by atoms with E-state index in [9.17, 15) is 0 Å². The smallest absolute Gasteiger partial charge is 0.252 e. The molecule has 0 aromatic carbocycles. The van der Waals surface area contributed by atoms with Gasteiger partial charge >= 0.3 is 0 Å². The van der Waals surface area contributed by atoms with E-state index in [1.54, 1.807) is 0 Å². The van der Waals surface area contributed by atoms with Crippen LogP contribution in [-0.2, 0) is 16.9 Å². The zero-order chi connectivity index (χ0) is 12.2. The molecule has 1 aromatic rings. The second-order valence-electron chi connectivity index (χ2n) is 4.23. The van der Waals surface area contributed by atoms with Crippen LogP contribution in [0.25, 0.3) is 0 Å². The number of ether oxygens (including phenoxy) is 1. The van der Waals surface area contributed by atoms with Crippen LogP contribution >= 0.6 is 0 Å². The van der Waals surface area contributed by atoms with E-state index < -0.39 is 5.54 Å². The SMILES string of the molecule is CCC(N)(CC)c1noc(COC(C)C)n1. The number of nitrogens with zero attached hydrogens (tertiary/aromatic N) is 2. The zero-order valence-corrected chi connectivity index (χ0v) is 10.5. The van der Waals surface area contributed by atoms with Crippen molar-refractivity contribution in [2.45, 2.75) is 58.8 Å². The number of hydrogen-bond acceptors (Lipinski definition) is 5. The normalized spacial score (nSPS) is 12.4. The van der Waals surface area contributed by atoms with Crippen molar-refractivity contribution in [1.29, 1.82) is 0 Å². The van der Waals surface area contributed by atoms with Crippen molar-refractivity contribution >= 4 is 0 Å². The fourth-order valence-corrected chi connectivity index (χ4v) is 1.32. The van der Waals surface area contributed by atoms with E-state index in [1.165, 1.54) is 0 Å².